The fourth-order valence-electron chi connectivity index (χ4n) is 4.02. The number of hydrogen-bond donors (Lipinski definition) is 1. The SMILES string of the molecule is O=C(Nc1nc(-c2ccc3c(c2)OCCO3)cs1)[C@H]1CCCN(C(=O)c2ccc(Cl)cc2)C1. The van der Waals surface area contributed by atoms with Crippen LogP contribution in [0.5, 0.6) is 11.5 Å². The van der Waals surface area contributed by atoms with Crippen molar-refractivity contribution in [3.05, 3.63) is 58.4 Å². The number of thiazole rings is 1. The first-order valence-electron chi connectivity index (χ1n) is 10.8. The van der Waals surface area contributed by atoms with Gasteiger partial charge in [0.15, 0.2) is 16.6 Å². The first-order valence-corrected chi connectivity index (χ1v) is 12.0. The van der Waals surface area contributed by atoms with E-state index in [1.54, 1.807) is 29.2 Å². The molecule has 33 heavy (non-hydrogen) atoms. The molecule has 1 saturated heterocycles. The second-order valence-corrected chi connectivity index (χ2v) is 9.28. The van der Waals surface area contributed by atoms with E-state index in [0.29, 0.717) is 47.8 Å². The third-order valence-electron chi connectivity index (χ3n) is 5.74. The Kier molecular flexibility index (Phi) is 6.20. The molecule has 1 fully saturated rings. The van der Waals surface area contributed by atoms with Crippen LogP contribution in [-0.4, -0.2) is 48.0 Å². The number of carbonyl (C=O) groups excluding carboxylic acids is 2. The van der Waals surface area contributed by atoms with Gasteiger partial charge in [-0.3, -0.25) is 9.59 Å². The largest absolute Gasteiger partial charge is 0.486 e. The molecule has 1 N–H and O–H groups in total. The van der Waals surface area contributed by atoms with Crippen molar-refractivity contribution in [2.75, 3.05) is 31.6 Å². The minimum atomic E-state index is -0.281. The van der Waals surface area contributed by atoms with E-state index in [0.717, 1.165) is 29.8 Å². The van der Waals surface area contributed by atoms with Gasteiger partial charge in [0.2, 0.25) is 5.91 Å². The van der Waals surface area contributed by atoms with Crippen molar-refractivity contribution in [3.63, 3.8) is 0 Å². The van der Waals surface area contributed by atoms with Gasteiger partial charge in [-0.2, -0.15) is 0 Å². The van der Waals surface area contributed by atoms with Crippen LogP contribution < -0.4 is 14.8 Å². The number of nitrogens with zero attached hydrogens (tertiary/aromatic N) is 2. The van der Waals surface area contributed by atoms with E-state index < -0.39 is 0 Å². The highest BCUT2D eigenvalue weighted by atomic mass is 35.5. The number of piperidine rings is 1. The van der Waals surface area contributed by atoms with Crippen LogP contribution in [0.1, 0.15) is 23.2 Å². The van der Waals surface area contributed by atoms with Crippen LogP contribution in [0.2, 0.25) is 5.02 Å². The fraction of sp³-hybridized carbons (Fsp3) is 0.292. The first kappa shape index (κ1) is 21.7. The van der Waals surface area contributed by atoms with Crippen molar-refractivity contribution in [1.82, 2.24) is 9.88 Å². The Balaban J connectivity index is 1.23. The molecule has 0 aliphatic carbocycles. The molecule has 2 aliphatic rings. The van der Waals surface area contributed by atoms with Crippen LogP contribution >= 0.6 is 22.9 Å². The highest BCUT2D eigenvalue weighted by molar-refractivity contribution is 7.14. The summed E-state index contributed by atoms with van der Waals surface area (Å²) in [4.78, 5) is 32.0. The lowest BCUT2D eigenvalue weighted by atomic mass is 9.96. The van der Waals surface area contributed by atoms with Crippen LogP contribution in [0.3, 0.4) is 0 Å². The number of halogens is 1. The highest BCUT2D eigenvalue weighted by Crippen LogP contribution is 2.35. The molecular formula is C24H22ClN3O4S. The average molecular weight is 484 g/mol. The molecule has 7 nitrogen and oxygen atoms in total. The summed E-state index contributed by atoms with van der Waals surface area (Å²) in [5.74, 6) is 0.941. The normalized spacial score (nSPS) is 17.5. The quantitative estimate of drug-likeness (QED) is 0.580. The highest BCUT2D eigenvalue weighted by Gasteiger charge is 2.29. The molecular weight excluding hydrogens is 462 g/mol. The number of rotatable bonds is 4. The number of aromatic nitrogens is 1. The van der Waals surface area contributed by atoms with E-state index in [1.807, 2.05) is 23.6 Å². The standard InChI is InChI=1S/C24H22ClN3O4S/c25-18-6-3-15(4-7-18)23(30)28-9-1-2-17(13-28)22(29)27-24-26-19(14-33-24)16-5-8-20-21(12-16)32-11-10-31-20/h3-8,12,14,17H,1-2,9-11,13H2,(H,26,27,29)/t17-/m0/s1. The summed E-state index contributed by atoms with van der Waals surface area (Å²) in [5, 5.41) is 5.95. The number of hydrogen-bond acceptors (Lipinski definition) is 6. The third kappa shape index (κ3) is 4.82. The van der Waals surface area contributed by atoms with Gasteiger partial charge in [0.05, 0.1) is 11.6 Å². The topological polar surface area (TPSA) is 80.8 Å². The summed E-state index contributed by atoms with van der Waals surface area (Å²) >= 11 is 7.29. The maximum absolute atomic E-state index is 12.9. The van der Waals surface area contributed by atoms with Crippen LogP contribution in [0, 0.1) is 5.92 Å². The monoisotopic (exact) mass is 483 g/mol. The number of ether oxygens (including phenoxy) is 2. The third-order valence-corrected chi connectivity index (χ3v) is 6.75. The molecule has 0 radical (unpaired) electrons. The van der Waals surface area contributed by atoms with Crippen molar-refractivity contribution in [1.29, 1.82) is 0 Å². The summed E-state index contributed by atoms with van der Waals surface area (Å²) in [5.41, 5.74) is 2.23. The summed E-state index contributed by atoms with van der Waals surface area (Å²) in [6.07, 6.45) is 1.51. The van der Waals surface area contributed by atoms with Gasteiger partial charge in [0, 0.05) is 34.6 Å². The maximum atomic E-state index is 12.9. The predicted octanol–water partition coefficient (Wildman–Crippen LogP) is 4.73. The zero-order chi connectivity index (χ0) is 22.8. The number of amides is 2. The Labute approximate surface area is 200 Å². The minimum absolute atomic E-state index is 0.0840. The van der Waals surface area contributed by atoms with Gasteiger partial charge in [-0.15, -0.1) is 11.3 Å². The Morgan fingerprint density at radius 2 is 1.88 bits per heavy atom. The molecule has 9 heteroatoms. The van der Waals surface area contributed by atoms with Crippen molar-refractivity contribution in [2.45, 2.75) is 12.8 Å². The van der Waals surface area contributed by atoms with Crippen LogP contribution in [0.4, 0.5) is 5.13 Å². The van der Waals surface area contributed by atoms with Crippen molar-refractivity contribution >= 4 is 39.9 Å². The van der Waals surface area contributed by atoms with E-state index in [-0.39, 0.29) is 17.7 Å². The number of nitrogens with one attached hydrogen (secondary N) is 1. The van der Waals surface area contributed by atoms with Crippen molar-refractivity contribution in [3.8, 4) is 22.8 Å². The summed E-state index contributed by atoms with van der Waals surface area (Å²) in [6.45, 7) is 2.08. The van der Waals surface area contributed by atoms with E-state index in [4.69, 9.17) is 21.1 Å². The Hall–Kier alpha value is -3.10. The molecule has 3 heterocycles. The van der Waals surface area contributed by atoms with Gasteiger partial charge in [-0.1, -0.05) is 11.6 Å². The first-order chi connectivity index (χ1) is 16.1. The number of carbonyl (C=O) groups is 2. The van der Waals surface area contributed by atoms with E-state index >= 15 is 0 Å². The Morgan fingerprint density at radius 3 is 2.70 bits per heavy atom. The minimum Gasteiger partial charge on any atom is -0.486 e. The molecule has 2 amide bonds. The van der Waals surface area contributed by atoms with Crippen molar-refractivity contribution < 1.29 is 19.1 Å². The number of likely N-dealkylation sites (tertiary alicyclic amines) is 1. The summed E-state index contributed by atoms with van der Waals surface area (Å²) < 4.78 is 11.2. The lowest BCUT2D eigenvalue weighted by molar-refractivity contribution is -0.121. The molecule has 0 saturated carbocycles. The lowest BCUT2D eigenvalue weighted by Crippen LogP contribution is -2.43. The molecule has 1 atom stereocenters. The fourth-order valence-corrected chi connectivity index (χ4v) is 4.87. The molecule has 0 bridgehead atoms. The molecule has 3 aromatic rings. The van der Waals surface area contributed by atoms with Crippen molar-refractivity contribution in [2.24, 2.45) is 5.92 Å². The maximum Gasteiger partial charge on any atom is 0.253 e. The average Bonchev–Trinajstić information content (AvgIpc) is 3.32. The zero-order valence-electron chi connectivity index (χ0n) is 17.8. The van der Waals surface area contributed by atoms with Gasteiger partial charge in [0.1, 0.15) is 13.2 Å². The molecule has 2 aromatic carbocycles. The molecule has 5 rings (SSSR count). The van der Waals surface area contributed by atoms with Gasteiger partial charge in [-0.05, 0) is 55.3 Å². The van der Waals surface area contributed by atoms with Gasteiger partial charge >= 0.3 is 0 Å². The molecule has 0 spiro atoms. The van der Waals surface area contributed by atoms with Gasteiger partial charge in [0.25, 0.3) is 5.91 Å². The second kappa shape index (κ2) is 9.41. The van der Waals surface area contributed by atoms with E-state index in [9.17, 15) is 9.59 Å². The molecule has 1 aromatic heterocycles. The number of benzene rings is 2. The Bertz CT molecular complexity index is 1180. The van der Waals surface area contributed by atoms with Gasteiger partial charge in [-0.25, -0.2) is 4.98 Å². The van der Waals surface area contributed by atoms with Crippen LogP contribution in [-0.2, 0) is 4.79 Å². The van der Waals surface area contributed by atoms with Crippen LogP contribution in [0.15, 0.2) is 47.8 Å². The lowest BCUT2D eigenvalue weighted by Gasteiger charge is -2.32. The summed E-state index contributed by atoms with van der Waals surface area (Å²) in [6, 6.07) is 12.5. The predicted molar refractivity (Wildman–Crippen MR) is 127 cm³/mol. The summed E-state index contributed by atoms with van der Waals surface area (Å²) in [7, 11) is 0. The Morgan fingerprint density at radius 1 is 1.09 bits per heavy atom. The molecule has 170 valence electrons. The van der Waals surface area contributed by atoms with E-state index in [2.05, 4.69) is 10.3 Å². The second-order valence-electron chi connectivity index (χ2n) is 7.98. The molecule has 0 unspecified atom stereocenters. The zero-order valence-corrected chi connectivity index (χ0v) is 19.3. The smallest absolute Gasteiger partial charge is 0.253 e. The number of fused-ring (bicyclic) bond motifs is 1. The van der Waals surface area contributed by atoms with E-state index in [1.165, 1.54) is 11.3 Å². The van der Waals surface area contributed by atoms with Gasteiger partial charge < -0.3 is 19.7 Å². The number of anilines is 1. The van der Waals surface area contributed by atoms with Crippen LogP contribution in [0.25, 0.3) is 11.3 Å². The molecule has 2 aliphatic heterocycles.